The Morgan fingerprint density at radius 2 is 1.86 bits per heavy atom. The van der Waals surface area contributed by atoms with Crippen LogP contribution in [-0.2, 0) is 4.79 Å². The molecule has 1 heterocycles. The Morgan fingerprint density at radius 3 is 2.43 bits per heavy atom. The second-order valence-corrected chi connectivity index (χ2v) is 7.11. The molecule has 3 rings (SSSR count). The molecular weight excluding hydrogens is 370 g/mol. The van der Waals surface area contributed by atoms with Gasteiger partial charge in [0.05, 0.1) is 19.7 Å². The molecule has 1 fully saturated rings. The van der Waals surface area contributed by atoms with E-state index >= 15 is 0 Å². The van der Waals surface area contributed by atoms with Gasteiger partial charge in [-0.3, -0.25) is 34.7 Å². The Labute approximate surface area is 159 Å². The zero-order chi connectivity index (χ0) is 20.5. The molecule has 1 N–H and O–H groups in total. The van der Waals surface area contributed by atoms with Crippen molar-refractivity contribution in [2.75, 3.05) is 26.2 Å². The minimum atomic E-state index is -2.32. The minimum Gasteiger partial charge on any atom is -0.395 e. The molecule has 2 aliphatic rings. The van der Waals surface area contributed by atoms with Crippen molar-refractivity contribution in [2.24, 2.45) is 5.92 Å². The molecule has 1 saturated heterocycles. The molecule has 10 nitrogen and oxygen atoms in total. The lowest BCUT2D eigenvalue weighted by Gasteiger charge is -2.48. The number of aliphatic hydroxyl groups excluding tert-OH is 1. The zero-order valence-corrected chi connectivity index (χ0v) is 14.9. The normalized spacial score (nSPS) is 29.5. The Bertz CT molecular complexity index is 856. The van der Waals surface area contributed by atoms with Crippen molar-refractivity contribution in [1.82, 2.24) is 4.90 Å². The van der Waals surface area contributed by atoms with Gasteiger partial charge in [0.2, 0.25) is 5.78 Å². The van der Waals surface area contributed by atoms with Crippen molar-refractivity contribution >= 4 is 11.6 Å². The molecule has 10 heteroatoms. The van der Waals surface area contributed by atoms with E-state index in [2.05, 4.69) is 0 Å². The number of hydrogen-bond acceptors (Lipinski definition) is 8. The molecule has 1 aromatic rings. The van der Waals surface area contributed by atoms with Crippen LogP contribution in [-0.4, -0.2) is 68.7 Å². The van der Waals surface area contributed by atoms with Crippen LogP contribution < -0.4 is 0 Å². The van der Waals surface area contributed by atoms with E-state index in [1.165, 1.54) is 17.0 Å². The molecule has 1 aromatic carbocycles. The third-order valence-electron chi connectivity index (χ3n) is 5.64. The number of carbonyl (C=O) groups excluding carboxylic acids is 2. The SMILES string of the molecule is O=C(C[C@@H]1[C@]2([N+](=O)[O-])C=CC(=O)[C@@]1([N+](=O)[O-])CN(CCO)C2)c1ccccc1. The van der Waals surface area contributed by atoms with E-state index in [0.717, 1.165) is 12.2 Å². The molecule has 1 aliphatic carbocycles. The lowest BCUT2D eigenvalue weighted by atomic mass is 9.60. The van der Waals surface area contributed by atoms with Gasteiger partial charge in [-0.05, 0) is 12.2 Å². The molecule has 0 radical (unpaired) electrons. The van der Waals surface area contributed by atoms with Crippen molar-refractivity contribution in [1.29, 1.82) is 0 Å². The Balaban J connectivity index is 2.12. The Hall–Kier alpha value is -2.98. The maximum atomic E-state index is 12.8. The summed E-state index contributed by atoms with van der Waals surface area (Å²) in [6.07, 6.45) is 1.46. The van der Waals surface area contributed by atoms with Gasteiger partial charge in [0.25, 0.3) is 5.54 Å². The van der Waals surface area contributed by atoms with Crippen molar-refractivity contribution in [2.45, 2.75) is 17.5 Å². The first kappa shape index (κ1) is 19.8. The number of carbonyl (C=O) groups is 2. The minimum absolute atomic E-state index is 0.0499. The fourth-order valence-corrected chi connectivity index (χ4v) is 4.26. The molecular formula is C18H19N3O7. The van der Waals surface area contributed by atoms with E-state index in [0.29, 0.717) is 0 Å². The number of nitro groups is 2. The average molecular weight is 389 g/mol. The van der Waals surface area contributed by atoms with Crippen LogP contribution in [0.1, 0.15) is 16.8 Å². The topological polar surface area (TPSA) is 144 Å². The van der Waals surface area contributed by atoms with Crippen LogP contribution >= 0.6 is 0 Å². The number of fused-ring (bicyclic) bond motifs is 2. The number of β-amino-alcohol motifs (C(OH)–C–C–N with tert-alkyl or cyclic N) is 1. The van der Waals surface area contributed by atoms with Gasteiger partial charge in [-0.25, -0.2) is 0 Å². The van der Waals surface area contributed by atoms with Gasteiger partial charge in [0.15, 0.2) is 5.78 Å². The number of likely N-dealkylation sites (tertiary alicyclic amines) is 1. The fourth-order valence-electron chi connectivity index (χ4n) is 4.26. The summed E-state index contributed by atoms with van der Waals surface area (Å²) in [5.74, 6) is -2.81. The first-order chi connectivity index (χ1) is 13.3. The predicted octanol–water partition coefficient (Wildman–Crippen LogP) is 0.353. The predicted molar refractivity (Wildman–Crippen MR) is 96.0 cm³/mol. The molecule has 2 bridgehead atoms. The quantitative estimate of drug-likeness (QED) is 0.400. The first-order valence-corrected chi connectivity index (χ1v) is 8.72. The van der Waals surface area contributed by atoms with Crippen molar-refractivity contribution in [3.8, 4) is 0 Å². The maximum absolute atomic E-state index is 12.8. The number of piperidine rings is 1. The largest absolute Gasteiger partial charge is 0.395 e. The Kier molecular flexibility index (Phi) is 5.09. The molecule has 0 unspecified atom stereocenters. The number of Topliss-reactive ketones (excluding diaryl/α,β-unsaturated/α-hetero) is 1. The molecule has 1 aliphatic heterocycles. The highest BCUT2D eigenvalue weighted by molar-refractivity contribution is 6.01. The molecule has 148 valence electrons. The molecule has 0 aromatic heterocycles. The lowest BCUT2D eigenvalue weighted by molar-refractivity contribution is -0.623. The first-order valence-electron chi connectivity index (χ1n) is 8.72. The van der Waals surface area contributed by atoms with Crippen molar-refractivity contribution in [3.05, 3.63) is 68.3 Å². The van der Waals surface area contributed by atoms with E-state index < -0.39 is 51.4 Å². The summed E-state index contributed by atoms with van der Waals surface area (Å²) in [6, 6.07) is 7.98. The summed E-state index contributed by atoms with van der Waals surface area (Å²) in [4.78, 5) is 49.4. The number of ketones is 2. The summed E-state index contributed by atoms with van der Waals surface area (Å²) < 4.78 is 0. The number of hydrogen-bond donors (Lipinski definition) is 1. The van der Waals surface area contributed by atoms with Crippen LogP contribution in [0, 0.1) is 26.1 Å². The van der Waals surface area contributed by atoms with Crippen molar-refractivity contribution < 1.29 is 24.5 Å². The van der Waals surface area contributed by atoms with Gasteiger partial charge in [-0.15, -0.1) is 0 Å². The van der Waals surface area contributed by atoms with E-state index in [-0.39, 0.29) is 25.3 Å². The number of nitrogens with zero attached hydrogens (tertiary/aromatic N) is 3. The average Bonchev–Trinajstić information content (AvgIpc) is 2.66. The fraction of sp³-hybridized carbons (Fsp3) is 0.444. The number of aliphatic hydroxyl groups is 1. The monoisotopic (exact) mass is 389 g/mol. The van der Waals surface area contributed by atoms with Crippen LogP contribution in [0.2, 0.25) is 0 Å². The van der Waals surface area contributed by atoms with Gasteiger partial charge in [0, 0.05) is 28.4 Å². The summed E-state index contributed by atoms with van der Waals surface area (Å²) >= 11 is 0. The smallest absolute Gasteiger partial charge is 0.305 e. The van der Waals surface area contributed by atoms with Gasteiger partial charge < -0.3 is 5.11 Å². The Morgan fingerprint density at radius 1 is 1.18 bits per heavy atom. The third-order valence-corrected chi connectivity index (χ3v) is 5.64. The third kappa shape index (κ3) is 2.90. The van der Waals surface area contributed by atoms with Gasteiger partial charge in [-0.1, -0.05) is 30.3 Å². The van der Waals surface area contributed by atoms with E-state index in [9.17, 15) is 34.9 Å². The van der Waals surface area contributed by atoms with E-state index in [1.54, 1.807) is 18.2 Å². The highest BCUT2D eigenvalue weighted by Gasteiger charge is 2.74. The molecule has 0 saturated carbocycles. The summed E-state index contributed by atoms with van der Waals surface area (Å²) in [5.41, 5.74) is -4.02. The molecule has 0 spiro atoms. The van der Waals surface area contributed by atoms with Crippen LogP contribution in [0.15, 0.2) is 42.5 Å². The van der Waals surface area contributed by atoms with Crippen LogP contribution in [0.3, 0.4) is 0 Å². The lowest BCUT2D eigenvalue weighted by Crippen LogP contribution is -2.75. The second-order valence-electron chi connectivity index (χ2n) is 7.11. The summed E-state index contributed by atoms with van der Waals surface area (Å²) in [7, 11) is 0. The van der Waals surface area contributed by atoms with Crippen LogP contribution in [0.5, 0.6) is 0 Å². The standard InChI is InChI=1S/C18H19N3O7/c22-9-8-19-11-17(20(25)26)7-6-16(24)18(12-19,21(27)28)15(17)10-14(23)13-4-2-1-3-5-13/h1-7,15,22H,8-12H2/t15-,17+,18-/m1/s1. The second kappa shape index (κ2) is 7.21. The van der Waals surface area contributed by atoms with E-state index in [4.69, 9.17) is 0 Å². The van der Waals surface area contributed by atoms with Gasteiger partial charge in [-0.2, -0.15) is 0 Å². The van der Waals surface area contributed by atoms with Gasteiger partial charge >= 0.3 is 5.54 Å². The van der Waals surface area contributed by atoms with Crippen LogP contribution in [0.4, 0.5) is 0 Å². The summed E-state index contributed by atoms with van der Waals surface area (Å²) in [6.45, 7) is -1.04. The van der Waals surface area contributed by atoms with Crippen LogP contribution in [0.25, 0.3) is 0 Å². The number of benzene rings is 1. The summed E-state index contributed by atoms with van der Waals surface area (Å²) in [5, 5.41) is 33.3. The number of rotatable bonds is 7. The molecule has 28 heavy (non-hydrogen) atoms. The van der Waals surface area contributed by atoms with Gasteiger partial charge in [0.1, 0.15) is 5.92 Å². The molecule has 0 amide bonds. The highest BCUT2D eigenvalue weighted by Crippen LogP contribution is 2.46. The van der Waals surface area contributed by atoms with Crippen molar-refractivity contribution in [3.63, 3.8) is 0 Å². The maximum Gasteiger partial charge on any atom is 0.305 e. The zero-order valence-electron chi connectivity index (χ0n) is 14.9. The highest BCUT2D eigenvalue weighted by atomic mass is 16.6. The molecule has 3 atom stereocenters. The van der Waals surface area contributed by atoms with E-state index in [1.807, 2.05) is 0 Å².